The first-order chi connectivity index (χ1) is 10.0. The molecule has 4 heteroatoms. The molecule has 0 atom stereocenters. The van der Waals surface area contributed by atoms with Gasteiger partial charge in [-0.25, -0.2) is 0 Å². The van der Waals surface area contributed by atoms with Gasteiger partial charge in [-0.15, -0.1) is 0 Å². The zero-order valence-corrected chi connectivity index (χ0v) is 13.4. The minimum atomic E-state index is -0.564. The molecule has 116 valence electrons. The number of nitrogens with one attached hydrogen (secondary N) is 1. The van der Waals surface area contributed by atoms with Gasteiger partial charge in [0.1, 0.15) is 0 Å². The summed E-state index contributed by atoms with van der Waals surface area (Å²) >= 11 is 0. The number of guanidine groups is 1. The quantitative estimate of drug-likeness (QED) is 0.646. The maximum Gasteiger partial charge on any atom is 0.194 e. The molecule has 0 bridgehead atoms. The molecular weight excluding hydrogens is 262 g/mol. The topological polar surface area (TPSA) is 47.9 Å². The van der Waals surface area contributed by atoms with Crippen molar-refractivity contribution in [2.75, 3.05) is 20.1 Å². The number of aliphatic imine (C=N–C) groups is 1. The lowest BCUT2D eigenvalue weighted by molar-refractivity contribution is -0.0237. The molecule has 0 aliphatic heterocycles. The third-order valence-corrected chi connectivity index (χ3v) is 4.04. The van der Waals surface area contributed by atoms with Gasteiger partial charge in [-0.3, -0.25) is 4.99 Å². The van der Waals surface area contributed by atoms with Crippen molar-refractivity contribution in [1.82, 2.24) is 10.2 Å². The molecule has 1 aromatic carbocycles. The Kier molecular flexibility index (Phi) is 5.23. The van der Waals surface area contributed by atoms with Crippen LogP contribution in [0.5, 0.6) is 0 Å². The average molecular weight is 289 g/mol. The van der Waals surface area contributed by atoms with Gasteiger partial charge in [0.25, 0.3) is 0 Å². The second-order valence-corrected chi connectivity index (χ2v) is 6.09. The van der Waals surface area contributed by atoms with E-state index in [9.17, 15) is 5.11 Å². The van der Waals surface area contributed by atoms with E-state index in [1.165, 1.54) is 11.1 Å². The van der Waals surface area contributed by atoms with Crippen LogP contribution in [-0.2, 0) is 6.54 Å². The Morgan fingerprint density at radius 2 is 2.00 bits per heavy atom. The lowest BCUT2D eigenvalue weighted by atomic mass is 9.80. The summed E-state index contributed by atoms with van der Waals surface area (Å²) in [6.45, 7) is 6.29. The van der Waals surface area contributed by atoms with Crippen molar-refractivity contribution < 1.29 is 5.11 Å². The van der Waals surface area contributed by atoms with Crippen LogP contribution in [-0.4, -0.2) is 41.7 Å². The summed E-state index contributed by atoms with van der Waals surface area (Å²) in [6, 6.07) is 8.55. The van der Waals surface area contributed by atoms with Crippen molar-refractivity contribution >= 4 is 5.96 Å². The molecule has 0 radical (unpaired) electrons. The normalized spacial score (nSPS) is 17.2. The van der Waals surface area contributed by atoms with Crippen LogP contribution >= 0.6 is 0 Å². The van der Waals surface area contributed by atoms with Crippen LogP contribution in [0.15, 0.2) is 29.3 Å². The molecule has 2 N–H and O–H groups in total. The molecule has 0 spiro atoms. The summed E-state index contributed by atoms with van der Waals surface area (Å²) in [7, 11) is 2.03. The highest BCUT2D eigenvalue weighted by Gasteiger charge is 2.34. The van der Waals surface area contributed by atoms with E-state index in [2.05, 4.69) is 53.3 Å². The second-order valence-electron chi connectivity index (χ2n) is 6.09. The van der Waals surface area contributed by atoms with Gasteiger partial charge < -0.3 is 15.3 Å². The van der Waals surface area contributed by atoms with E-state index in [1.54, 1.807) is 0 Å². The minimum Gasteiger partial charge on any atom is -0.388 e. The molecule has 0 aromatic heterocycles. The first-order valence-electron chi connectivity index (χ1n) is 7.80. The Balaban J connectivity index is 1.98. The van der Waals surface area contributed by atoms with Crippen molar-refractivity contribution in [3.05, 3.63) is 35.4 Å². The van der Waals surface area contributed by atoms with E-state index in [1.807, 2.05) is 7.05 Å². The predicted octanol–water partition coefficient (Wildman–Crippen LogP) is 2.31. The summed E-state index contributed by atoms with van der Waals surface area (Å²) < 4.78 is 0. The molecule has 0 heterocycles. The molecule has 1 aliphatic carbocycles. The number of nitrogens with zero attached hydrogens (tertiary/aromatic N) is 2. The largest absolute Gasteiger partial charge is 0.388 e. The highest BCUT2D eigenvalue weighted by Crippen LogP contribution is 2.31. The highest BCUT2D eigenvalue weighted by atomic mass is 16.3. The maximum atomic E-state index is 10.2. The number of rotatable bonds is 5. The lowest BCUT2D eigenvalue weighted by Gasteiger charge is -2.35. The molecule has 1 fully saturated rings. The monoisotopic (exact) mass is 289 g/mol. The van der Waals surface area contributed by atoms with E-state index in [-0.39, 0.29) is 0 Å². The van der Waals surface area contributed by atoms with Crippen molar-refractivity contribution in [1.29, 1.82) is 0 Å². The molecule has 2 rings (SSSR count). The van der Waals surface area contributed by atoms with Crippen LogP contribution < -0.4 is 5.32 Å². The Labute approximate surface area is 127 Å². The summed E-state index contributed by atoms with van der Waals surface area (Å²) in [5.74, 6) is 0.860. The molecule has 4 nitrogen and oxygen atoms in total. The van der Waals surface area contributed by atoms with Gasteiger partial charge in [0.2, 0.25) is 0 Å². The van der Waals surface area contributed by atoms with Crippen molar-refractivity contribution in [3.63, 3.8) is 0 Å². The Hall–Kier alpha value is -1.55. The van der Waals surface area contributed by atoms with Crippen LogP contribution in [0.4, 0.5) is 0 Å². The smallest absolute Gasteiger partial charge is 0.194 e. The molecule has 0 saturated heterocycles. The molecular formula is C17H27N3O. The van der Waals surface area contributed by atoms with Crippen LogP contribution in [0.2, 0.25) is 0 Å². The standard InChI is InChI=1S/C17H27N3O/c1-4-18-16(19-13-17(21)10-5-11-17)20(3)12-15-8-6-14(2)7-9-15/h6-9,21H,4-5,10-13H2,1-3H3,(H,18,19). The van der Waals surface area contributed by atoms with E-state index >= 15 is 0 Å². The molecule has 1 saturated carbocycles. The zero-order chi connectivity index (χ0) is 15.3. The fraction of sp³-hybridized carbons (Fsp3) is 0.588. The Morgan fingerprint density at radius 3 is 2.52 bits per heavy atom. The van der Waals surface area contributed by atoms with Crippen molar-refractivity contribution in [2.24, 2.45) is 4.99 Å². The first-order valence-corrected chi connectivity index (χ1v) is 7.80. The van der Waals surface area contributed by atoms with Crippen LogP contribution in [0.25, 0.3) is 0 Å². The average Bonchev–Trinajstić information content (AvgIpc) is 2.43. The van der Waals surface area contributed by atoms with Gasteiger partial charge in [0, 0.05) is 20.1 Å². The summed E-state index contributed by atoms with van der Waals surface area (Å²) in [6.07, 6.45) is 2.86. The number of benzene rings is 1. The van der Waals surface area contributed by atoms with Gasteiger partial charge in [-0.1, -0.05) is 29.8 Å². The van der Waals surface area contributed by atoms with Gasteiger partial charge in [0.05, 0.1) is 12.1 Å². The van der Waals surface area contributed by atoms with Crippen LogP contribution in [0.1, 0.15) is 37.3 Å². The minimum absolute atomic E-state index is 0.494. The fourth-order valence-corrected chi connectivity index (χ4v) is 2.48. The number of hydrogen-bond acceptors (Lipinski definition) is 2. The molecule has 21 heavy (non-hydrogen) atoms. The summed E-state index contributed by atoms with van der Waals surface area (Å²) in [5, 5.41) is 13.5. The highest BCUT2D eigenvalue weighted by molar-refractivity contribution is 5.79. The SMILES string of the molecule is CCNC(=NCC1(O)CCC1)N(C)Cc1ccc(C)cc1. The van der Waals surface area contributed by atoms with Gasteiger partial charge in [-0.05, 0) is 38.7 Å². The summed E-state index contributed by atoms with van der Waals surface area (Å²) in [5.41, 5.74) is 1.97. The second kappa shape index (κ2) is 6.94. The Morgan fingerprint density at radius 1 is 1.33 bits per heavy atom. The molecule has 1 aliphatic rings. The van der Waals surface area contributed by atoms with E-state index in [0.29, 0.717) is 6.54 Å². The number of hydrogen-bond donors (Lipinski definition) is 2. The molecule has 0 unspecified atom stereocenters. The first kappa shape index (κ1) is 15.8. The Bertz CT molecular complexity index is 477. The van der Waals surface area contributed by atoms with Crippen molar-refractivity contribution in [2.45, 2.75) is 45.3 Å². The van der Waals surface area contributed by atoms with Crippen molar-refractivity contribution in [3.8, 4) is 0 Å². The number of aliphatic hydroxyl groups is 1. The fourth-order valence-electron chi connectivity index (χ4n) is 2.48. The van der Waals surface area contributed by atoms with E-state index in [0.717, 1.165) is 38.3 Å². The van der Waals surface area contributed by atoms with Gasteiger partial charge >= 0.3 is 0 Å². The van der Waals surface area contributed by atoms with Gasteiger partial charge in [-0.2, -0.15) is 0 Å². The van der Waals surface area contributed by atoms with Gasteiger partial charge in [0.15, 0.2) is 5.96 Å². The molecule has 0 amide bonds. The zero-order valence-electron chi connectivity index (χ0n) is 13.4. The number of aryl methyl sites for hydroxylation is 1. The third-order valence-electron chi connectivity index (χ3n) is 4.04. The van der Waals surface area contributed by atoms with E-state index < -0.39 is 5.60 Å². The summed E-state index contributed by atoms with van der Waals surface area (Å²) in [4.78, 5) is 6.71. The third kappa shape index (κ3) is 4.46. The van der Waals surface area contributed by atoms with E-state index in [4.69, 9.17) is 0 Å². The lowest BCUT2D eigenvalue weighted by Crippen LogP contribution is -2.43. The van der Waals surface area contributed by atoms with Crippen LogP contribution in [0.3, 0.4) is 0 Å². The van der Waals surface area contributed by atoms with Crippen LogP contribution in [0, 0.1) is 6.92 Å². The predicted molar refractivity (Wildman–Crippen MR) is 87.4 cm³/mol. The molecule has 1 aromatic rings. The maximum absolute atomic E-state index is 10.2.